The van der Waals surface area contributed by atoms with Gasteiger partial charge >= 0.3 is 0 Å². The summed E-state index contributed by atoms with van der Waals surface area (Å²) in [4.78, 5) is 4.10. The molecule has 6 nitrogen and oxygen atoms in total. The van der Waals surface area contributed by atoms with Crippen molar-refractivity contribution in [2.45, 2.75) is 6.42 Å². The number of nitrogens with two attached hydrogens (primary N) is 1. The molecule has 0 aliphatic carbocycles. The molecule has 1 heterocycles. The number of sulfonamides is 1. The summed E-state index contributed by atoms with van der Waals surface area (Å²) >= 11 is 0. The number of nitrogens with zero attached hydrogens (tertiary/aromatic N) is 1. The zero-order valence-corrected chi connectivity index (χ0v) is 12.4. The number of benzene rings is 1. The minimum Gasteiger partial charge on any atom is -0.497 e. The number of ether oxygens (including phenoxy) is 1. The first-order valence-electron chi connectivity index (χ1n) is 6.34. The van der Waals surface area contributed by atoms with Crippen molar-refractivity contribution in [2.24, 2.45) is 0 Å². The van der Waals surface area contributed by atoms with Gasteiger partial charge in [0.2, 0.25) is 10.0 Å². The minimum atomic E-state index is -3.49. The average Bonchev–Trinajstić information content (AvgIpc) is 2.48. The molecule has 112 valence electrons. The van der Waals surface area contributed by atoms with E-state index in [1.54, 1.807) is 36.5 Å². The van der Waals surface area contributed by atoms with Crippen LogP contribution in [-0.2, 0) is 16.4 Å². The highest BCUT2D eigenvalue weighted by atomic mass is 32.2. The Morgan fingerprint density at radius 2 is 2.10 bits per heavy atom. The van der Waals surface area contributed by atoms with Crippen molar-refractivity contribution in [3.05, 3.63) is 48.3 Å². The van der Waals surface area contributed by atoms with Crippen molar-refractivity contribution in [1.29, 1.82) is 0 Å². The lowest BCUT2D eigenvalue weighted by atomic mass is 10.2. The van der Waals surface area contributed by atoms with Crippen LogP contribution in [0.25, 0.3) is 0 Å². The Balaban J connectivity index is 2.04. The first-order valence-corrected chi connectivity index (χ1v) is 7.99. The summed E-state index contributed by atoms with van der Waals surface area (Å²) in [6.45, 7) is 0. The third-order valence-electron chi connectivity index (χ3n) is 2.88. The molecule has 7 heteroatoms. The summed E-state index contributed by atoms with van der Waals surface area (Å²) in [6.07, 6.45) is 1.98. The monoisotopic (exact) mass is 307 g/mol. The maximum Gasteiger partial charge on any atom is 0.233 e. The Bertz CT molecular complexity index is 703. The summed E-state index contributed by atoms with van der Waals surface area (Å²) in [7, 11) is -1.97. The number of anilines is 2. The largest absolute Gasteiger partial charge is 0.497 e. The van der Waals surface area contributed by atoms with E-state index in [2.05, 4.69) is 9.71 Å². The number of methoxy groups -OCH3 is 1. The lowest BCUT2D eigenvalue weighted by Crippen LogP contribution is -2.19. The molecule has 1 aromatic carbocycles. The summed E-state index contributed by atoms with van der Waals surface area (Å²) in [5, 5.41) is 0. The SMILES string of the molecule is COc1ccc(NS(=O)(=O)CCc2ccccn2)c(N)c1. The minimum absolute atomic E-state index is 0.0600. The van der Waals surface area contributed by atoms with Crippen LogP contribution >= 0.6 is 0 Å². The van der Waals surface area contributed by atoms with Gasteiger partial charge in [-0.15, -0.1) is 0 Å². The Morgan fingerprint density at radius 3 is 2.71 bits per heavy atom. The van der Waals surface area contributed by atoms with E-state index in [1.165, 1.54) is 7.11 Å². The Labute approximate surface area is 124 Å². The molecule has 2 rings (SSSR count). The van der Waals surface area contributed by atoms with Crippen LogP contribution in [0.3, 0.4) is 0 Å². The maximum absolute atomic E-state index is 12.1. The summed E-state index contributed by atoms with van der Waals surface area (Å²) in [5.74, 6) is 0.513. The number of hydrogen-bond donors (Lipinski definition) is 2. The quantitative estimate of drug-likeness (QED) is 0.791. The molecule has 0 spiro atoms. The highest BCUT2D eigenvalue weighted by Crippen LogP contribution is 2.25. The van der Waals surface area contributed by atoms with Crippen molar-refractivity contribution >= 4 is 21.4 Å². The molecular formula is C14H17N3O3S. The van der Waals surface area contributed by atoms with Gasteiger partial charge in [0.25, 0.3) is 0 Å². The van der Waals surface area contributed by atoms with Gasteiger partial charge in [-0.25, -0.2) is 8.42 Å². The van der Waals surface area contributed by atoms with Crippen molar-refractivity contribution in [3.8, 4) is 5.75 Å². The fraction of sp³-hybridized carbons (Fsp3) is 0.214. The molecule has 0 radical (unpaired) electrons. The lowest BCUT2D eigenvalue weighted by molar-refractivity contribution is 0.415. The van der Waals surface area contributed by atoms with Crippen LogP contribution in [0.4, 0.5) is 11.4 Å². The van der Waals surface area contributed by atoms with Crippen LogP contribution < -0.4 is 15.2 Å². The molecule has 2 aromatic rings. The van der Waals surface area contributed by atoms with Crippen molar-refractivity contribution in [2.75, 3.05) is 23.3 Å². The summed E-state index contributed by atoms with van der Waals surface area (Å²) in [6, 6.07) is 10.2. The van der Waals surface area contributed by atoms with Gasteiger partial charge < -0.3 is 10.5 Å². The molecule has 0 aliphatic rings. The van der Waals surface area contributed by atoms with E-state index in [4.69, 9.17) is 10.5 Å². The van der Waals surface area contributed by atoms with Crippen molar-refractivity contribution in [3.63, 3.8) is 0 Å². The zero-order valence-electron chi connectivity index (χ0n) is 11.6. The number of nitrogens with one attached hydrogen (secondary N) is 1. The first kappa shape index (κ1) is 15.1. The molecular weight excluding hydrogens is 290 g/mol. The van der Waals surface area contributed by atoms with E-state index in [1.807, 2.05) is 6.07 Å². The third-order valence-corrected chi connectivity index (χ3v) is 4.15. The van der Waals surface area contributed by atoms with Gasteiger partial charge in [-0.1, -0.05) is 6.07 Å². The topological polar surface area (TPSA) is 94.3 Å². The normalized spacial score (nSPS) is 11.1. The number of aryl methyl sites for hydroxylation is 1. The number of hydrogen-bond acceptors (Lipinski definition) is 5. The van der Waals surface area contributed by atoms with Crippen LogP contribution in [0, 0.1) is 0 Å². The van der Waals surface area contributed by atoms with Crippen LogP contribution in [0.1, 0.15) is 5.69 Å². The predicted octanol–water partition coefficient (Wildman–Crippen LogP) is 1.66. The molecule has 0 bridgehead atoms. The number of pyridine rings is 1. The summed E-state index contributed by atoms with van der Waals surface area (Å²) in [5.41, 5.74) is 7.18. The van der Waals surface area contributed by atoms with Gasteiger partial charge in [0.1, 0.15) is 5.75 Å². The van der Waals surface area contributed by atoms with Gasteiger partial charge in [0.15, 0.2) is 0 Å². The van der Waals surface area contributed by atoms with Gasteiger partial charge in [0.05, 0.1) is 24.2 Å². The standard InChI is InChI=1S/C14H17N3O3S/c1-20-12-5-6-14(13(15)10-12)17-21(18,19)9-7-11-4-2-3-8-16-11/h2-6,8,10,17H,7,9,15H2,1H3. The van der Waals surface area contributed by atoms with E-state index >= 15 is 0 Å². The lowest BCUT2D eigenvalue weighted by Gasteiger charge is -2.11. The third kappa shape index (κ3) is 4.35. The second kappa shape index (κ2) is 6.45. The van der Waals surface area contributed by atoms with Gasteiger partial charge in [-0.05, 0) is 24.3 Å². The molecule has 0 saturated heterocycles. The zero-order chi connectivity index (χ0) is 15.3. The second-order valence-corrected chi connectivity index (χ2v) is 6.29. The van der Waals surface area contributed by atoms with Gasteiger partial charge in [0, 0.05) is 24.4 Å². The highest BCUT2D eigenvalue weighted by Gasteiger charge is 2.13. The second-order valence-electron chi connectivity index (χ2n) is 4.45. The molecule has 0 fully saturated rings. The van der Waals surface area contributed by atoms with E-state index in [0.29, 0.717) is 23.5 Å². The number of rotatable bonds is 6. The molecule has 0 unspecified atom stereocenters. The molecule has 21 heavy (non-hydrogen) atoms. The molecule has 0 aliphatic heterocycles. The van der Waals surface area contributed by atoms with Crippen molar-refractivity contribution in [1.82, 2.24) is 4.98 Å². The van der Waals surface area contributed by atoms with Gasteiger partial charge in [-0.3, -0.25) is 9.71 Å². The van der Waals surface area contributed by atoms with Crippen LogP contribution in [0.5, 0.6) is 5.75 Å². The average molecular weight is 307 g/mol. The molecule has 0 saturated carbocycles. The fourth-order valence-electron chi connectivity index (χ4n) is 1.76. The Kier molecular flexibility index (Phi) is 4.64. The Hall–Kier alpha value is -2.28. The smallest absolute Gasteiger partial charge is 0.233 e. The molecule has 1 aromatic heterocycles. The molecule has 0 atom stereocenters. The van der Waals surface area contributed by atoms with Crippen LogP contribution in [0.2, 0.25) is 0 Å². The van der Waals surface area contributed by atoms with Crippen molar-refractivity contribution < 1.29 is 13.2 Å². The number of aromatic nitrogens is 1. The first-order chi connectivity index (χ1) is 10.00. The Morgan fingerprint density at radius 1 is 1.29 bits per heavy atom. The maximum atomic E-state index is 12.1. The fourth-order valence-corrected chi connectivity index (χ4v) is 2.87. The molecule has 3 N–H and O–H groups in total. The summed E-state index contributed by atoms with van der Waals surface area (Å²) < 4.78 is 31.6. The molecule has 0 amide bonds. The van der Waals surface area contributed by atoms with E-state index in [9.17, 15) is 8.42 Å². The van der Waals surface area contributed by atoms with Crippen LogP contribution in [-0.4, -0.2) is 26.3 Å². The number of nitrogen functional groups attached to an aromatic ring is 1. The van der Waals surface area contributed by atoms with E-state index in [-0.39, 0.29) is 5.75 Å². The van der Waals surface area contributed by atoms with Gasteiger partial charge in [-0.2, -0.15) is 0 Å². The van der Waals surface area contributed by atoms with Crippen LogP contribution in [0.15, 0.2) is 42.6 Å². The van der Waals surface area contributed by atoms with E-state index in [0.717, 1.165) is 5.69 Å². The highest BCUT2D eigenvalue weighted by molar-refractivity contribution is 7.92. The van der Waals surface area contributed by atoms with E-state index < -0.39 is 10.0 Å². The predicted molar refractivity (Wildman–Crippen MR) is 82.8 cm³/mol.